The number of aromatic nitrogens is 2. The van der Waals surface area contributed by atoms with Crippen LogP contribution in [0.1, 0.15) is 48.5 Å². The van der Waals surface area contributed by atoms with Gasteiger partial charge in [0, 0.05) is 62.1 Å². The van der Waals surface area contributed by atoms with Gasteiger partial charge in [-0.15, -0.1) is 0 Å². The molecule has 0 amide bonds. The molecule has 5 rings (SSSR count). The van der Waals surface area contributed by atoms with Gasteiger partial charge in [0.25, 0.3) is 0 Å². The Morgan fingerprint density at radius 2 is 2.17 bits per heavy atom. The molecule has 1 N–H and O–H groups in total. The minimum atomic E-state index is -0.184. The Morgan fingerprint density at radius 1 is 1.27 bits per heavy atom. The van der Waals surface area contributed by atoms with E-state index >= 15 is 0 Å². The van der Waals surface area contributed by atoms with E-state index in [1.807, 2.05) is 6.20 Å². The van der Waals surface area contributed by atoms with Gasteiger partial charge in [-0.3, -0.25) is 4.90 Å². The zero-order valence-electron chi connectivity index (χ0n) is 17.4. The van der Waals surface area contributed by atoms with Gasteiger partial charge in [0.05, 0.1) is 12.8 Å². The molecule has 2 bridgehead atoms. The highest BCUT2D eigenvalue weighted by Crippen LogP contribution is 2.44. The van der Waals surface area contributed by atoms with Crippen molar-refractivity contribution in [1.82, 2.24) is 14.9 Å². The van der Waals surface area contributed by atoms with Crippen LogP contribution in [0.4, 0.5) is 10.3 Å². The predicted molar refractivity (Wildman–Crippen MR) is 112 cm³/mol. The number of hydrogen-bond donors (Lipinski definition) is 1. The molecule has 3 atom stereocenters. The van der Waals surface area contributed by atoms with E-state index in [-0.39, 0.29) is 18.5 Å². The monoisotopic (exact) mass is 412 g/mol. The number of hydrogen-bond acceptors (Lipinski definition) is 6. The summed E-state index contributed by atoms with van der Waals surface area (Å²) in [5, 5.41) is 9.52. The first-order valence-corrected chi connectivity index (χ1v) is 11.0. The van der Waals surface area contributed by atoms with Crippen molar-refractivity contribution in [2.24, 2.45) is 5.92 Å². The van der Waals surface area contributed by atoms with Gasteiger partial charge in [-0.25, -0.2) is 14.4 Å². The summed E-state index contributed by atoms with van der Waals surface area (Å²) in [5.41, 5.74) is 3.00. The van der Waals surface area contributed by atoms with E-state index in [0.29, 0.717) is 29.8 Å². The lowest BCUT2D eigenvalue weighted by atomic mass is 9.98. The number of ether oxygens (including phenoxy) is 1. The van der Waals surface area contributed by atoms with Gasteiger partial charge < -0.3 is 14.7 Å². The molecule has 2 saturated heterocycles. The maximum Gasteiger partial charge on any atom is 0.225 e. The zero-order valence-corrected chi connectivity index (χ0v) is 17.4. The summed E-state index contributed by atoms with van der Waals surface area (Å²) in [6.45, 7) is 2.57. The summed E-state index contributed by atoms with van der Waals surface area (Å²) in [4.78, 5) is 14.3. The molecule has 3 aliphatic heterocycles. The van der Waals surface area contributed by atoms with E-state index in [4.69, 9.17) is 14.7 Å². The third-order valence-electron chi connectivity index (χ3n) is 6.98. The van der Waals surface area contributed by atoms with Crippen molar-refractivity contribution in [2.45, 2.75) is 50.7 Å². The normalized spacial score (nSPS) is 26.0. The van der Waals surface area contributed by atoms with Gasteiger partial charge in [-0.2, -0.15) is 0 Å². The summed E-state index contributed by atoms with van der Waals surface area (Å²) in [6.07, 6.45) is 7.15. The molecule has 6 nitrogen and oxygen atoms in total. The Kier molecular flexibility index (Phi) is 5.33. The smallest absolute Gasteiger partial charge is 0.225 e. The van der Waals surface area contributed by atoms with Crippen molar-refractivity contribution >= 4 is 5.95 Å². The number of rotatable bonds is 5. The van der Waals surface area contributed by atoms with Crippen LogP contribution in [0.15, 0.2) is 24.4 Å². The standard InChI is InChI=1S/C23H29FN4O2/c1-30-18-5-6-20(24)16(9-18)13-28-17-4-7-22(28)19-11-25-23(26-21(19)10-17)27-8-2-3-15(12-27)14-29/h5-6,9,11,15,17,22,29H,2-4,7-8,10,12-14H2,1H3. The summed E-state index contributed by atoms with van der Waals surface area (Å²) >= 11 is 0. The Balaban J connectivity index is 1.38. The van der Waals surface area contributed by atoms with Crippen LogP contribution >= 0.6 is 0 Å². The molecule has 160 valence electrons. The third-order valence-corrected chi connectivity index (χ3v) is 6.98. The summed E-state index contributed by atoms with van der Waals surface area (Å²) in [5.74, 6) is 1.60. The number of halogens is 1. The second-order valence-electron chi connectivity index (χ2n) is 8.79. The van der Waals surface area contributed by atoms with Crippen LogP contribution < -0.4 is 9.64 Å². The molecule has 30 heavy (non-hydrogen) atoms. The van der Waals surface area contributed by atoms with E-state index < -0.39 is 0 Å². The van der Waals surface area contributed by atoms with Crippen molar-refractivity contribution < 1.29 is 14.2 Å². The number of methoxy groups -OCH3 is 1. The number of anilines is 1. The van der Waals surface area contributed by atoms with Crippen molar-refractivity contribution in [3.8, 4) is 5.75 Å². The van der Waals surface area contributed by atoms with Crippen LogP contribution in [-0.2, 0) is 13.0 Å². The van der Waals surface area contributed by atoms with Crippen LogP contribution in [0, 0.1) is 11.7 Å². The second kappa shape index (κ2) is 8.12. The quantitative estimate of drug-likeness (QED) is 0.814. The maximum absolute atomic E-state index is 14.4. The highest BCUT2D eigenvalue weighted by atomic mass is 19.1. The first kappa shape index (κ1) is 19.7. The van der Waals surface area contributed by atoms with Crippen LogP contribution in [0.3, 0.4) is 0 Å². The number of fused-ring (bicyclic) bond motifs is 4. The zero-order chi connectivity index (χ0) is 20.7. The highest BCUT2D eigenvalue weighted by molar-refractivity contribution is 5.38. The fraction of sp³-hybridized carbons (Fsp3) is 0.565. The Hall–Kier alpha value is -2.25. The molecule has 0 spiro atoms. The average molecular weight is 413 g/mol. The molecule has 3 unspecified atom stereocenters. The van der Waals surface area contributed by atoms with E-state index in [0.717, 1.165) is 56.8 Å². The number of piperidine rings is 1. The average Bonchev–Trinajstić information content (AvgIpc) is 3.06. The molecule has 1 aromatic carbocycles. The number of nitrogens with zero attached hydrogens (tertiary/aromatic N) is 4. The molecule has 2 fully saturated rings. The molecule has 0 aliphatic carbocycles. The lowest BCUT2D eigenvalue weighted by molar-refractivity contribution is 0.164. The lowest BCUT2D eigenvalue weighted by Crippen LogP contribution is -2.40. The van der Waals surface area contributed by atoms with E-state index in [2.05, 4.69) is 9.80 Å². The number of aliphatic hydroxyl groups excluding tert-OH is 1. The van der Waals surface area contributed by atoms with Crippen LogP contribution in [-0.4, -0.2) is 52.8 Å². The number of aliphatic hydroxyl groups is 1. The third kappa shape index (κ3) is 3.54. The largest absolute Gasteiger partial charge is 0.497 e. The first-order chi connectivity index (χ1) is 14.7. The molecule has 7 heteroatoms. The fourth-order valence-corrected chi connectivity index (χ4v) is 5.35. The van der Waals surface area contributed by atoms with E-state index in [9.17, 15) is 9.50 Å². The topological polar surface area (TPSA) is 61.7 Å². The molecule has 1 aromatic heterocycles. The summed E-state index contributed by atoms with van der Waals surface area (Å²) < 4.78 is 19.7. The number of benzene rings is 1. The predicted octanol–water partition coefficient (Wildman–Crippen LogP) is 3.09. The second-order valence-corrected chi connectivity index (χ2v) is 8.79. The van der Waals surface area contributed by atoms with Crippen molar-refractivity contribution in [3.63, 3.8) is 0 Å². The van der Waals surface area contributed by atoms with Gasteiger partial charge >= 0.3 is 0 Å². The molecule has 2 aromatic rings. The minimum Gasteiger partial charge on any atom is -0.497 e. The summed E-state index contributed by atoms with van der Waals surface area (Å²) in [6, 6.07) is 5.57. The van der Waals surface area contributed by atoms with Crippen LogP contribution in [0.2, 0.25) is 0 Å². The van der Waals surface area contributed by atoms with Gasteiger partial charge in [0.1, 0.15) is 11.6 Å². The van der Waals surface area contributed by atoms with Crippen LogP contribution in [0.25, 0.3) is 0 Å². The van der Waals surface area contributed by atoms with Gasteiger partial charge in [0.15, 0.2) is 0 Å². The van der Waals surface area contributed by atoms with E-state index in [1.165, 1.54) is 11.6 Å². The molecule has 4 heterocycles. The Bertz CT molecular complexity index is 924. The Labute approximate surface area is 176 Å². The molecular formula is C23H29FN4O2. The van der Waals surface area contributed by atoms with Crippen molar-refractivity contribution in [3.05, 3.63) is 47.0 Å². The van der Waals surface area contributed by atoms with Crippen molar-refractivity contribution in [1.29, 1.82) is 0 Å². The van der Waals surface area contributed by atoms with Crippen molar-refractivity contribution in [2.75, 3.05) is 31.7 Å². The molecular weight excluding hydrogens is 383 g/mol. The highest BCUT2D eigenvalue weighted by Gasteiger charge is 2.41. The maximum atomic E-state index is 14.4. The molecule has 0 radical (unpaired) electrons. The SMILES string of the molecule is COc1ccc(F)c(CN2C3CCC2c2cnc(N4CCCC(CO)C4)nc2C3)c1. The fourth-order valence-electron chi connectivity index (χ4n) is 5.35. The lowest BCUT2D eigenvalue weighted by Gasteiger charge is -2.37. The van der Waals surface area contributed by atoms with Crippen LogP contribution in [0.5, 0.6) is 5.75 Å². The summed E-state index contributed by atoms with van der Waals surface area (Å²) in [7, 11) is 1.61. The van der Waals surface area contributed by atoms with Gasteiger partial charge in [-0.1, -0.05) is 0 Å². The minimum absolute atomic E-state index is 0.184. The molecule has 3 aliphatic rings. The Morgan fingerprint density at radius 3 is 3.00 bits per heavy atom. The molecule has 0 saturated carbocycles. The van der Waals surface area contributed by atoms with Gasteiger partial charge in [-0.05, 0) is 49.8 Å². The van der Waals surface area contributed by atoms with E-state index in [1.54, 1.807) is 19.2 Å². The van der Waals surface area contributed by atoms with Gasteiger partial charge in [0.2, 0.25) is 5.95 Å². The first-order valence-electron chi connectivity index (χ1n) is 11.0.